The number of benzene rings is 1. The van der Waals surface area contributed by atoms with Crippen molar-refractivity contribution in [1.29, 1.82) is 0 Å². The second-order valence-corrected chi connectivity index (χ2v) is 17.0. The average Bonchev–Trinajstić information content (AvgIpc) is 3.54. The maximum Gasteiger partial charge on any atom is 0.407 e. The largest absolute Gasteiger partial charge is 0.444 e. The quantitative estimate of drug-likeness (QED) is 0.284. The molecule has 2 aromatic rings. The number of halogens is 3. The van der Waals surface area contributed by atoms with Gasteiger partial charge in [0.2, 0.25) is 21.8 Å². The molecular weight excluding hydrogens is 720 g/mol. The van der Waals surface area contributed by atoms with E-state index in [0.717, 1.165) is 12.5 Å². The number of rotatable bonds is 11. The third-order valence-corrected chi connectivity index (χ3v) is 11.8. The van der Waals surface area contributed by atoms with Crippen LogP contribution in [0.1, 0.15) is 64.9 Å². The number of carbonyl (C=O) groups excluding carboxylic acids is 3. The van der Waals surface area contributed by atoms with Gasteiger partial charge in [-0.25, -0.2) is 27.0 Å². The normalized spacial score (nSPS) is 21.2. The smallest absolute Gasteiger partial charge is 0.407 e. The van der Waals surface area contributed by atoms with Crippen LogP contribution in [0.2, 0.25) is 5.15 Å². The van der Waals surface area contributed by atoms with Gasteiger partial charge < -0.3 is 30.9 Å². The Morgan fingerprint density at radius 2 is 1.63 bits per heavy atom. The zero-order valence-corrected chi connectivity index (χ0v) is 31.3. The van der Waals surface area contributed by atoms with Gasteiger partial charge >= 0.3 is 6.09 Å². The number of nitrogens with two attached hydrogens (primary N) is 1. The number of hydrogen-bond donors (Lipinski definition) is 3. The summed E-state index contributed by atoms with van der Waals surface area (Å²) in [5.41, 5.74) is 5.75. The molecule has 3 amide bonds. The number of pyridine rings is 1. The molecule has 1 unspecified atom stereocenters. The Morgan fingerprint density at radius 1 is 1.00 bits per heavy atom. The van der Waals surface area contributed by atoms with Crippen LogP contribution in [0, 0.1) is 11.8 Å². The van der Waals surface area contributed by atoms with Crippen molar-refractivity contribution in [3.05, 3.63) is 47.1 Å². The summed E-state index contributed by atoms with van der Waals surface area (Å²) in [5.74, 6) is -4.70. The molecule has 4 N–H and O–H groups in total. The highest BCUT2D eigenvalue weighted by Gasteiger charge is 2.44. The van der Waals surface area contributed by atoms with E-state index in [2.05, 4.69) is 15.6 Å². The summed E-state index contributed by atoms with van der Waals surface area (Å²) in [7, 11) is -3.82. The van der Waals surface area contributed by atoms with E-state index in [9.17, 15) is 22.8 Å². The Kier molecular flexibility index (Phi) is 12.3. The number of nitrogens with zero attached hydrogens (tertiary/aromatic N) is 4. The van der Waals surface area contributed by atoms with Gasteiger partial charge in [-0.05, 0) is 89.3 Å². The van der Waals surface area contributed by atoms with Crippen LogP contribution >= 0.6 is 11.6 Å². The average molecular weight is 768 g/mol. The summed E-state index contributed by atoms with van der Waals surface area (Å²) >= 11 is 6.26. The molecule has 0 spiro atoms. The van der Waals surface area contributed by atoms with Crippen molar-refractivity contribution in [2.75, 3.05) is 55.6 Å². The summed E-state index contributed by atoms with van der Waals surface area (Å²) in [6.07, 6.45) is 1.43. The Morgan fingerprint density at radius 3 is 2.23 bits per heavy atom. The van der Waals surface area contributed by atoms with E-state index in [0.29, 0.717) is 18.7 Å². The first-order valence-electron chi connectivity index (χ1n) is 17.7. The van der Waals surface area contributed by atoms with Crippen molar-refractivity contribution in [1.82, 2.24) is 19.9 Å². The minimum absolute atomic E-state index is 0.0145. The van der Waals surface area contributed by atoms with Crippen LogP contribution in [0.15, 0.2) is 41.3 Å². The van der Waals surface area contributed by atoms with Crippen LogP contribution in [-0.2, 0) is 30.3 Å². The first-order chi connectivity index (χ1) is 24.4. The van der Waals surface area contributed by atoms with Crippen LogP contribution in [0.3, 0.4) is 0 Å². The number of alkyl halides is 2. The van der Waals surface area contributed by atoms with Gasteiger partial charge in [0.05, 0.1) is 4.90 Å². The molecule has 1 aromatic heterocycles. The van der Waals surface area contributed by atoms with Crippen molar-refractivity contribution in [3.8, 4) is 0 Å². The van der Waals surface area contributed by atoms with E-state index in [1.807, 2.05) is 0 Å². The summed E-state index contributed by atoms with van der Waals surface area (Å²) in [4.78, 5) is 44.5. The maximum atomic E-state index is 16.0. The molecule has 286 valence electrons. The number of alkyl carbamates (subject to hydrolysis) is 1. The fourth-order valence-electron chi connectivity index (χ4n) is 6.79. The molecule has 17 heteroatoms. The first-order valence-corrected chi connectivity index (χ1v) is 19.5. The standard InChI is InChI=1S/C35H48ClF2N7O6S/c1-34(2,3)51-33(48)41-22-26(39)21-40-32(47)23-6-8-24(9-7-23)35(37,38)25-19-29(36)42-30(20-25)43-15-17-44(18-16-43)52(49,50)28-12-10-27(11-13-28)45-14-4-5-31(45)46/h10-13,19-20,23-24,26H,4-9,14-18,21-22,39H2,1-3H3,(H,40,47)(H,41,48)/t23-,24-,26?. The summed E-state index contributed by atoms with van der Waals surface area (Å²) in [6.45, 7) is 6.71. The van der Waals surface area contributed by atoms with E-state index >= 15 is 8.78 Å². The van der Waals surface area contributed by atoms with Gasteiger partial charge in [0.25, 0.3) is 5.92 Å². The van der Waals surface area contributed by atoms with Crippen molar-refractivity contribution >= 4 is 51.0 Å². The monoisotopic (exact) mass is 767 g/mol. The number of anilines is 2. The molecule has 5 rings (SSSR count). The second-order valence-electron chi connectivity index (χ2n) is 14.6. The third-order valence-electron chi connectivity index (χ3n) is 9.64. The lowest BCUT2D eigenvalue weighted by Gasteiger charge is -2.36. The zero-order chi connectivity index (χ0) is 37.8. The van der Waals surface area contributed by atoms with Crippen molar-refractivity contribution in [2.24, 2.45) is 17.6 Å². The summed E-state index contributed by atoms with van der Waals surface area (Å²) in [6, 6.07) is 8.20. The van der Waals surface area contributed by atoms with Crippen LogP contribution in [0.25, 0.3) is 0 Å². The lowest BCUT2D eigenvalue weighted by Crippen LogP contribution is -2.49. The topological polar surface area (TPSA) is 167 Å². The lowest BCUT2D eigenvalue weighted by atomic mass is 9.77. The highest BCUT2D eigenvalue weighted by Crippen LogP contribution is 2.46. The Labute approximate surface area is 308 Å². The third kappa shape index (κ3) is 9.68. The molecule has 3 heterocycles. The Bertz CT molecular complexity index is 1710. The van der Waals surface area contributed by atoms with E-state index < -0.39 is 45.5 Å². The van der Waals surface area contributed by atoms with Gasteiger partial charge in [0, 0.05) is 81.4 Å². The van der Waals surface area contributed by atoms with E-state index in [-0.39, 0.29) is 98.2 Å². The van der Waals surface area contributed by atoms with E-state index in [1.165, 1.54) is 22.5 Å². The van der Waals surface area contributed by atoms with E-state index in [4.69, 9.17) is 22.1 Å². The molecule has 52 heavy (non-hydrogen) atoms. The van der Waals surface area contributed by atoms with Gasteiger partial charge in [-0.1, -0.05) is 11.6 Å². The molecule has 13 nitrogen and oxygen atoms in total. The number of hydrogen-bond acceptors (Lipinski definition) is 9. The molecule has 0 radical (unpaired) electrons. The van der Waals surface area contributed by atoms with Crippen molar-refractivity contribution in [3.63, 3.8) is 0 Å². The predicted molar refractivity (Wildman–Crippen MR) is 193 cm³/mol. The molecule has 2 saturated heterocycles. The number of amides is 3. The Balaban J connectivity index is 1.12. The molecule has 1 aliphatic carbocycles. The number of piperazine rings is 1. The van der Waals surface area contributed by atoms with Crippen LogP contribution < -0.4 is 26.2 Å². The van der Waals surface area contributed by atoms with Gasteiger partial charge in [0.1, 0.15) is 16.6 Å². The Hall–Kier alpha value is -3.60. The fourth-order valence-corrected chi connectivity index (χ4v) is 8.42. The number of aromatic nitrogens is 1. The molecule has 1 aromatic carbocycles. The van der Waals surface area contributed by atoms with Gasteiger partial charge in [0.15, 0.2) is 0 Å². The minimum Gasteiger partial charge on any atom is -0.444 e. The highest BCUT2D eigenvalue weighted by atomic mass is 35.5. The first kappa shape index (κ1) is 39.6. The predicted octanol–water partition coefficient (Wildman–Crippen LogP) is 4.24. The molecule has 0 bridgehead atoms. The number of carbonyl (C=O) groups is 3. The van der Waals surface area contributed by atoms with Gasteiger partial charge in [-0.15, -0.1) is 0 Å². The number of nitrogens with one attached hydrogen (secondary N) is 2. The van der Waals surface area contributed by atoms with Crippen molar-refractivity contribution < 1.29 is 36.3 Å². The summed E-state index contributed by atoms with van der Waals surface area (Å²) in [5, 5.41) is 5.23. The maximum absolute atomic E-state index is 16.0. The van der Waals surface area contributed by atoms with Gasteiger partial charge in [-0.3, -0.25) is 9.59 Å². The molecular formula is C35H48ClF2N7O6S. The fraction of sp³-hybridized carbons (Fsp3) is 0.600. The van der Waals surface area contributed by atoms with Crippen LogP contribution in [0.4, 0.5) is 25.1 Å². The molecule has 3 aliphatic rings. The number of sulfonamides is 1. The molecule has 1 atom stereocenters. The minimum atomic E-state index is -3.82. The lowest BCUT2D eigenvalue weighted by molar-refractivity contribution is -0.129. The highest BCUT2D eigenvalue weighted by molar-refractivity contribution is 7.89. The van der Waals surface area contributed by atoms with Gasteiger partial charge in [-0.2, -0.15) is 4.31 Å². The SMILES string of the molecule is CC(C)(C)OC(=O)NCC(N)CNC(=O)[C@H]1CC[C@H](C(F)(F)c2cc(Cl)nc(N3CCN(S(=O)(=O)c4ccc(N5CCCC5=O)cc4)CC3)c2)CC1. The summed E-state index contributed by atoms with van der Waals surface area (Å²) < 4.78 is 65.3. The van der Waals surface area contributed by atoms with Crippen LogP contribution in [-0.4, -0.2) is 93.1 Å². The number of ether oxygens (including phenoxy) is 1. The van der Waals surface area contributed by atoms with Crippen LogP contribution in [0.5, 0.6) is 0 Å². The molecule has 1 saturated carbocycles. The van der Waals surface area contributed by atoms with E-state index in [1.54, 1.807) is 42.7 Å². The zero-order valence-electron chi connectivity index (χ0n) is 29.7. The second kappa shape index (κ2) is 16.2. The molecule has 2 aliphatic heterocycles. The van der Waals surface area contributed by atoms with Crippen molar-refractivity contribution in [2.45, 2.75) is 81.8 Å². The molecule has 3 fully saturated rings.